The molecule has 6 aromatic rings. The first kappa shape index (κ1) is 41.1. The van der Waals surface area contributed by atoms with E-state index in [0.29, 0.717) is 33.9 Å². The van der Waals surface area contributed by atoms with Crippen LogP contribution in [-0.4, -0.2) is 61.6 Å². The van der Waals surface area contributed by atoms with Crippen LogP contribution in [0.2, 0.25) is 10.0 Å². The maximum atomic E-state index is 14.1. The van der Waals surface area contributed by atoms with E-state index in [2.05, 4.69) is 25.6 Å². The number of carboxylic acids is 1. The highest BCUT2D eigenvalue weighted by Crippen LogP contribution is 2.41. The summed E-state index contributed by atoms with van der Waals surface area (Å²) in [7, 11) is 0. The summed E-state index contributed by atoms with van der Waals surface area (Å²) in [5.74, 6) is 0.0123. The van der Waals surface area contributed by atoms with Crippen molar-refractivity contribution < 1.29 is 33.7 Å². The lowest BCUT2D eigenvalue weighted by molar-refractivity contribution is -0.142. The first-order chi connectivity index (χ1) is 29.5. The number of carbonyl (C=O) groups is 3. The lowest BCUT2D eigenvalue weighted by Gasteiger charge is -2.37. The van der Waals surface area contributed by atoms with Gasteiger partial charge in [-0.05, 0) is 101 Å². The Bertz CT molecular complexity index is 2600. The highest BCUT2D eigenvalue weighted by molar-refractivity contribution is 6.42. The van der Waals surface area contributed by atoms with Crippen molar-refractivity contribution in [2.24, 2.45) is 0 Å². The summed E-state index contributed by atoms with van der Waals surface area (Å²) in [4.78, 5) is 54.5. The molecule has 2 aromatic heterocycles. The molecular weight excluding hydrogens is 819 g/mol. The van der Waals surface area contributed by atoms with E-state index in [1.54, 1.807) is 18.3 Å². The molecule has 4 aromatic carbocycles. The second-order valence-electron chi connectivity index (χ2n) is 14.8. The van der Waals surface area contributed by atoms with Crippen molar-refractivity contribution in [3.8, 4) is 28.4 Å². The summed E-state index contributed by atoms with van der Waals surface area (Å²) in [6, 6.07) is 23.1. The molecule has 13 nitrogen and oxygen atoms in total. The van der Waals surface area contributed by atoms with Crippen LogP contribution < -0.4 is 24.8 Å². The molecule has 0 spiro atoms. The Balaban J connectivity index is 0.978. The van der Waals surface area contributed by atoms with Gasteiger partial charge in [0.1, 0.15) is 31.0 Å². The predicted octanol–water partition coefficient (Wildman–Crippen LogP) is 8.32. The number of hydrogen-bond acceptors (Lipinski definition) is 9. The number of benzene rings is 4. The molecule has 8 rings (SSSR count). The largest absolute Gasteiger partial charge is 0.489 e. The first-order valence-electron chi connectivity index (χ1n) is 19.5. The van der Waals surface area contributed by atoms with E-state index in [9.17, 15) is 19.5 Å². The number of amides is 3. The Morgan fingerprint density at radius 3 is 2.39 bits per heavy atom. The van der Waals surface area contributed by atoms with Gasteiger partial charge < -0.3 is 29.5 Å². The van der Waals surface area contributed by atoms with Gasteiger partial charge in [0.15, 0.2) is 23.4 Å². The molecular formula is C46H40Cl2N6O7. The average molecular weight is 860 g/mol. The molecule has 4 heterocycles. The fourth-order valence-corrected chi connectivity index (χ4v) is 7.68. The van der Waals surface area contributed by atoms with E-state index in [1.807, 2.05) is 86.6 Å². The number of urea groups is 1. The molecule has 0 bridgehead atoms. The van der Waals surface area contributed by atoms with Crippen LogP contribution in [0, 0.1) is 13.8 Å². The number of anilines is 1. The number of aromatic nitrogens is 3. The minimum atomic E-state index is -1.27. The summed E-state index contributed by atoms with van der Waals surface area (Å²) in [6.45, 7) is 4.52. The van der Waals surface area contributed by atoms with E-state index in [-0.39, 0.29) is 31.8 Å². The van der Waals surface area contributed by atoms with Crippen LogP contribution >= 0.6 is 23.2 Å². The lowest BCUT2D eigenvalue weighted by Crippen LogP contribution is -2.56. The van der Waals surface area contributed by atoms with Gasteiger partial charge in [-0.1, -0.05) is 65.7 Å². The molecule has 3 N–H and O–H groups in total. The normalized spacial score (nSPS) is 15.9. The van der Waals surface area contributed by atoms with E-state index < -0.39 is 36.1 Å². The van der Waals surface area contributed by atoms with Crippen LogP contribution in [-0.2, 0) is 35.6 Å². The predicted molar refractivity (Wildman–Crippen MR) is 229 cm³/mol. The van der Waals surface area contributed by atoms with Crippen molar-refractivity contribution in [1.82, 2.24) is 25.2 Å². The van der Waals surface area contributed by atoms with Gasteiger partial charge in [-0.2, -0.15) is 0 Å². The molecule has 0 saturated carbocycles. The van der Waals surface area contributed by atoms with Crippen molar-refractivity contribution in [3.05, 3.63) is 159 Å². The lowest BCUT2D eigenvalue weighted by atomic mass is 9.92. The Labute approximate surface area is 361 Å². The van der Waals surface area contributed by atoms with E-state index in [1.165, 1.54) is 23.5 Å². The third-order valence-electron chi connectivity index (χ3n) is 10.8. The van der Waals surface area contributed by atoms with Crippen molar-refractivity contribution in [2.45, 2.75) is 58.0 Å². The van der Waals surface area contributed by atoms with Crippen LogP contribution in [0.1, 0.15) is 45.2 Å². The molecule has 3 atom stereocenters. The monoisotopic (exact) mass is 858 g/mol. The maximum Gasteiger partial charge on any atom is 0.326 e. The van der Waals surface area contributed by atoms with Crippen LogP contribution in [0.15, 0.2) is 110 Å². The highest BCUT2D eigenvalue weighted by Gasteiger charge is 2.38. The molecule has 61 heavy (non-hydrogen) atoms. The van der Waals surface area contributed by atoms with Crippen LogP contribution in [0.5, 0.6) is 17.2 Å². The zero-order valence-electron chi connectivity index (χ0n) is 33.1. The summed E-state index contributed by atoms with van der Waals surface area (Å²) in [6.07, 6.45) is 5.75. The molecule has 3 amide bonds. The number of halogens is 2. The van der Waals surface area contributed by atoms with Gasteiger partial charge in [0, 0.05) is 43.7 Å². The molecule has 0 radical (unpaired) electrons. The fraction of sp³-hybridized carbons (Fsp3) is 0.217. The van der Waals surface area contributed by atoms with Crippen molar-refractivity contribution in [1.29, 1.82) is 0 Å². The van der Waals surface area contributed by atoms with E-state index in [4.69, 9.17) is 37.4 Å². The quantitative estimate of drug-likeness (QED) is 0.115. The summed E-state index contributed by atoms with van der Waals surface area (Å²) in [5, 5.41) is 16.6. The average Bonchev–Trinajstić information content (AvgIpc) is 3.27. The van der Waals surface area contributed by atoms with Crippen molar-refractivity contribution >= 4 is 46.9 Å². The number of nitrogens with zero attached hydrogens (tertiary/aromatic N) is 4. The number of nitrogens with one attached hydrogen (secondary N) is 2. The fourth-order valence-electron chi connectivity index (χ4n) is 7.36. The molecule has 310 valence electrons. The number of ether oxygens (including phenoxy) is 3. The Kier molecular flexibility index (Phi) is 12.0. The molecule has 0 saturated heterocycles. The SMILES string of the molecule is Cc1nccc(-c2ccc(C[C@H](NC(=O)[C@@H]3Cc4cc5c(cc4CN3C(=O)Nc3cnccn3)O[C@@H](c3ccc(OCc4ccc(Cl)c(Cl)c4)cc3)CO5)C(=O)O)cc2)c1C. The van der Waals surface area contributed by atoms with Crippen molar-refractivity contribution in [2.75, 3.05) is 11.9 Å². The Hall–Kier alpha value is -6.70. The summed E-state index contributed by atoms with van der Waals surface area (Å²) >= 11 is 12.2. The highest BCUT2D eigenvalue weighted by atomic mass is 35.5. The third-order valence-corrected chi connectivity index (χ3v) is 11.6. The second-order valence-corrected chi connectivity index (χ2v) is 15.6. The summed E-state index contributed by atoms with van der Waals surface area (Å²) < 4.78 is 18.6. The van der Waals surface area contributed by atoms with Gasteiger partial charge >= 0.3 is 12.0 Å². The number of fused-ring (bicyclic) bond motifs is 2. The molecule has 0 unspecified atom stereocenters. The van der Waals surface area contributed by atoms with Gasteiger partial charge in [-0.3, -0.25) is 20.1 Å². The molecule has 0 fully saturated rings. The number of carboxylic acid groups (broad SMARTS) is 1. The number of rotatable bonds is 11. The van der Waals surface area contributed by atoms with Gasteiger partial charge in [0.2, 0.25) is 5.91 Å². The number of pyridine rings is 1. The summed E-state index contributed by atoms with van der Waals surface area (Å²) in [5.41, 5.74) is 7.96. The molecule has 15 heteroatoms. The van der Waals surface area contributed by atoms with Gasteiger partial charge in [-0.25, -0.2) is 14.6 Å². The molecule has 2 aliphatic heterocycles. The van der Waals surface area contributed by atoms with Crippen LogP contribution in [0.4, 0.5) is 10.6 Å². The van der Waals surface area contributed by atoms with Gasteiger partial charge in [0.25, 0.3) is 0 Å². The Morgan fingerprint density at radius 2 is 1.66 bits per heavy atom. The topological polar surface area (TPSA) is 165 Å². The smallest absolute Gasteiger partial charge is 0.326 e. The number of hydrogen-bond donors (Lipinski definition) is 3. The standard InChI is InChI=1S/C46H40Cl2N6O7/c1-26-27(2)50-14-13-35(26)30-6-3-28(4-7-30)18-38(45(56)57)52-44(55)39-19-32-20-40-41(21-33(32)23-54(39)46(58)53-43-22-49-15-16-51-43)61-42(25-60-40)31-8-10-34(11-9-31)59-24-29-5-12-36(47)37(48)17-29/h3-17,20-22,38-39,42H,18-19,23-25H2,1-2H3,(H,52,55)(H,56,57)(H,51,53,58)/t38-,39-,42+/m0/s1. The molecule has 0 aliphatic carbocycles. The molecule has 2 aliphatic rings. The number of aryl methyl sites for hydroxylation is 1. The minimum Gasteiger partial charge on any atom is -0.489 e. The number of aliphatic carboxylic acids is 1. The van der Waals surface area contributed by atoms with Crippen LogP contribution in [0.25, 0.3) is 11.1 Å². The second kappa shape index (κ2) is 17.9. The van der Waals surface area contributed by atoms with Gasteiger partial charge in [-0.15, -0.1) is 0 Å². The van der Waals surface area contributed by atoms with E-state index in [0.717, 1.165) is 50.2 Å². The minimum absolute atomic E-state index is 0.0127. The van der Waals surface area contributed by atoms with Gasteiger partial charge in [0.05, 0.1) is 16.2 Å². The zero-order valence-corrected chi connectivity index (χ0v) is 34.6. The van der Waals surface area contributed by atoms with Crippen molar-refractivity contribution in [3.63, 3.8) is 0 Å². The number of carbonyl (C=O) groups excluding carboxylic acids is 2. The first-order valence-corrected chi connectivity index (χ1v) is 20.2. The maximum absolute atomic E-state index is 14.1. The zero-order chi connectivity index (χ0) is 42.6. The Morgan fingerprint density at radius 1 is 0.885 bits per heavy atom. The van der Waals surface area contributed by atoms with E-state index >= 15 is 0 Å². The third kappa shape index (κ3) is 9.38. The van der Waals surface area contributed by atoms with Crippen LogP contribution in [0.3, 0.4) is 0 Å².